The van der Waals surface area contributed by atoms with E-state index in [0.29, 0.717) is 0 Å². The van der Waals surface area contributed by atoms with Crippen molar-refractivity contribution in [1.29, 1.82) is 0 Å². The highest BCUT2D eigenvalue weighted by Crippen LogP contribution is 2.27. The van der Waals surface area contributed by atoms with Gasteiger partial charge in [-0.2, -0.15) is 0 Å². The lowest BCUT2D eigenvalue weighted by Gasteiger charge is -2.42. The first-order valence-corrected chi connectivity index (χ1v) is 7.07. The highest BCUT2D eigenvalue weighted by Gasteiger charge is 2.33. The molecule has 1 saturated heterocycles. The summed E-state index contributed by atoms with van der Waals surface area (Å²) in [6, 6.07) is 10.4. The molecule has 3 heteroatoms. The lowest BCUT2D eigenvalue weighted by Crippen LogP contribution is -2.53. The molecule has 1 heterocycles. The molecule has 0 aliphatic carbocycles. The zero-order valence-corrected chi connectivity index (χ0v) is 12.4. The van der Waals surface area contributed by atoms with E-state index >= 15 is 0 Å². The van der Waals surface area contributed by atoms with Gasteiger partial charge >= 0.3 is 0 Å². The molecule has 2 rings (SSSR count). The number of nitrogens with two attached hydrogens (primary N) is 1. The highest BCUT2D eigenvalue weighted by atomic mass is 16.5. The number of rotatable bonds is 4. The van der Waals surface area contributed by atoms with Crippen molar-refractivity contribution in [2.75, 3.05) is 26.7 Å². The second-order valence-electron chi connectivity index (χ2n) is 6.25. The number of ether oxygens (including phenoxy) is 1. The number of benzene rings is 1. The molecule has 0 saturated carbocycles. The molecular weight excluding hydrogens is 236 g/mol. The van der Waals surface area contributed by atoms with Gasteiger partial charge in [-0.3, -0.25) is 4.90 Å². The Balaban J connectivity index is 2.04. The van der Waals surface area contributed by atoms with Crippen molar-refractivity contribution in [3.05, 3.63) is 35.9 Å². The maximum Gasteiger partial charge on any atom is 0.0777 e. The Morgan fingerprint density at radius 1 is 1.37 bits per heavy atom. The zero-order valence-electron chi connectivity index (χ0n) is 12.4. The number of hydrogen-bond acceptors (Lipinski definition) is 3. The van der Waals surface area contributed by atoms with E-state index in [-0.39, 0.29) is 11.1 Å². The minimum absolute atomic E-state index is 0.0228. The quantitative estimate of drug-likeness (QED) is 0.905. The maximum atomic E-state index is 6.52. The average Bonchev–Trinajstić information content (AvgIpc) is 2.39. The fraction of sp³-hybridized carbons (Fsp3) is 0.625. The van der Waals surface area contributed by atoms with Crippen molar-refractivity contribution in [1.82, 2.24) is 4.90 Å². The molecular formula is C16H26N2O. The fourth-order valence-electron chi connectivity index (χ4n) is 2.98. The van der Waals surface area contributed by atoms with Crippen LogP contribution in [0.4, 0.5) is 0 Å². The van der Waals surface area contributed by atoms with Gasteiger partial charge < -0.3 is 10.5 Å². The second-order valence-corrected chi connectivity index (χ2v) is 6.25. The van der Waals surface area contributed by atoms with Crippen LogP contribution >= 0.6 is 0 Å². The van der Waals surface area contributed by atoms with Crippen LogP contribution in [0.2, 0.25) is 0 Å². The Morgan fingerprint density at radius 2 is 2.05 bits per heavy atom. The molecule has 2 N–H and O–H groups in total. The largest absolute Gasteiger partial charge is 0.377 e. The van der Waals surface area contributed by atoms with Gasteiger partial charge in [0.25, 0.3) is 0 Å². The van der Waals surface area contributed by atoms with E-state index < -0.39 is 0 Å². The van der Waals surface area contributed by atoms with E-state index in [4.69, 9.17) is 10.5 Å². The van der Waals surface area contributed by atoms with E-state index in [1.165, 1.54) is 12.0 Å². The predicted octanol–water partition coefficient (Wildman–Crippen LogP) is 2.36. The molecule has 0 bridgehead atoms. The minimum atomic E-state index is -0.312. The number of piperidine rings is 1. The summed E-state index contributed by atoms with van der Waals surface area (Å²) in [5.41, 5.74) is 7.38. The van der Waals surface area contributed by atoms with Crippen LogP contribution in [-0.4, -0.2) is 37.2 Å². The van der Waals surface area contributed by atoms with Crippen molar-refractivity contribution in [2.45, 2.75) is 37.8 Å². The third-order valence-electron chi connectivity index (χ3n) is 4.22. The molecule has 0 aromatic heterocycles. The lowest BCUT2D eigenvalue weighted by atomic mass is 9.89. The summed E-state index contributed by atoms with van der Waals surface area (Å²) in [5, 5.41) is 0. The molecule has 1 aromatic rings. The molecule has 0 spiro atoms. The monoisotopic (exact) mass is 262 g/mol. The summed E-state index contributed by atoms with van der Waals surface area (Å²) >= 11 is 0. The van der Waals surface area contributed by atoms with Crippen LogP contribution in [0.1, 0.15) is 32.3 Å². The van der Waals surface area contributed by atoms with E-state index in [1.54, 1.807) is 0 Å². The summed E-state index contributed by atoms with van der Waals surface area (Å²) in [7, 11) is 1.81. The van der Waals surface area contributed by atoms with E-state index in [2.05, 4.69) is 43.0 Å². The summed E-state index contributed by atoms with van der Waals surface area (Å²) < 4.78 is 5.65. The van der Waals surface area contributed by atoms with Gasteiger partial charge in [0.15, 0.2) is 0 Å². The topological polar surface area (TPSA) is 38.5 Å². The van der Waals surface area contributed by atoms with E-state index in [1.807, 2.05) is 13.2 Å². The molecule has 106 valence electrons. The van der Waals surface area contributed by atoms with Gasteiger partial charge in [-0.1, -0.05) is 30.3 Å². The Bertz CT molecular complexity index is 404. The summed E-state index contributed by atoms with van der Waals surface area (Å²) in [5.74, 6) is 0. The van der Waals surface area contributed by atoms with Crippen molar-refractivity contribution >= 4 is 0 Å². The predicted molar refractivity (Wildman–Crippen MR) is 79.1 cm³/mol. The molecule has 0 radical (unpaired) electrons. The van der Waals surface area contributed by atoms with Gasteiger partial charge in [0, 0.05) is 20.2 Å². The molecule has 2 atom stereocenters. The van der Waals surface area contributed by atoms with Crippen LogP contribution < -0.4 is 5.73 Å². The van der Waals surface area contributed by atoms with E-state index in [0.717, 1.165) is 26.1 Å². The van der Waals surface area contributed by atoms with Crippen molar-refractivity contribution in [3.63, 3.8) is 0 Å². The fourth-order valence-corrected chi connectivity index (χ4v) is 2.98. The van der Waals surface area contributed by atoms with Gasteiger partial charge in [0.05, 0.1) is 11.1 Å². The Morgan fingerprint density at radius 3 is 2.68 bits per heavy atom. The molecule has 0 amide bonds. The van der Waals surface area contributed by atoms with Gasteiger partial charge in [-0.15, -0.1) is 0 Å². The van der Waals surface area contributed by atoms with Gasteiger partial charge in [-0.25, -0.2) is 0 Å². The molecule has 2 unspecified atom stereocenters. The zero-order chi connectivity index (χ0) is 13.9. The number of methoxy groups -OCH3 is 1. The number of nitrogens with zero attached hydrogens (tertiary/aromatic N) is 1. The number of likely N-dealkylation sites (tertiary alicyclic amines) is 1. The molecule has 19 heavy (non-hydrogen) atoms. The molecule has 1 aliphatic heterocycles. The normalized spacial score (nSPS) is 28.0. The Hall–Kier alpha value is -0.900. The lowest BCUT2D eigenvalue weighted by molar-refractivity contribution is -0.0544. The molecule has 1 aromatic carbocycles. The SMILES string of the molecule is COC1(C)CCCN(CC(C)(N)c2ccccc2)C1. The first-order chi connectivity index (χ1) is 8.95. The first kappa shape index (κ1) is 14.5. The molecule has 3 nitrogen and oxygen atoms in total. The van der Waals surface area contributed by atoms with E-state index in [9.17, 15) is 0 Å². The third-order valence-corrected chi connectivity index (χ3v) is 4.22. The van der Waals surface area contributed by atoms with Crippen LogP contribution in [0.15, 0.2) is 30.3 Å². The van der Waals surface area contributed by atoms with Crippen molar-refractivity contribution in [3.8, 4) is 0 Å². The Kier molecular flexibility index (Phi) is 4.29. The van der Waals surface area contributed by atoms with Gasteiger partial charge in [0.2, 0.25) is 0 Å². The van der Waals surface area contributed by atoms with Gasteiger partial charge in [0.1, 0.15) is 0 Å². The van der Waals surface area contributed by atoms with Crippen molar-refractivity contribution < 1.29 is 4.74 Å². The Labute approximate surface area is 116 Å². The second kappa shape index (κ2) is 5.61. The van der Waals surface area contributed by atoms with Crippen LogP contribution in [0, 0.1) is 0 Å². The van der Waals surface area contributed by atoms with Crippen LogP contribution in [-0.2, 0) is 10.3 Å². The number of hydrogen-bond donors (Lipinski definition) is 1. The van der Waals surface area contributed by atoms with Crippen molar-refractivity contribution in [2.24, 2.45) is 5.73 Å². The molecule has 1 aliphatic rings. The van der Waals surface area contributed by atoms with Crippen LogP contribution in [0.5, 0.6) is 0 Å². The van der Waals surface area contributed by atoms with Crippen LogP contribution in [0.3, 0.4) is 0 Å². The van der Waals surface area contributed by atoms with Crippen LogP contribution in [0.25, 0.3) is 0 Å². The smallest absolute Gasteiger partial charge is 0.0777 e. The minimum Gasteiger partial charge on any atom is -0.377 e. The standard InChI is InChI=1S/C16H26N2O/c1-15(19-3)10-7-11-18(12-15)13-16(2,17)14-8-5-4-6-9-14/h4-6,8-9H,7,10-13,17H2,1-3H3. The maximum absolute atomic E-state index is 6.52. The van der Waals surface area contributed by atoms with Gasteiger partial charge in [-0.05, 0) is 38.8 Å². The highest BCUT2D eigenvalue weighted by molar-refractivity contribution is 5.23. The summed E-state index contributed by atoms with van der Waals surface area (Å²) in [6.45, 7) is 7.24. The summed E-state index contributed by atoms with van der Waals surface area (Å²) in [4.78, 5) is 2.43. The third kappa shape index (κ3) is 3.56. The summed E-state index contributed by atoms with van der Waals surface area (Å²) in [6.07, 6.45) is 2.31. The molecule has 1 fully saturated rings. The average molecular weight is 262 g/mol. The first-order valence-electron chi connectivity index (χ1n) is 7.07.